The van der Waals surface area contributed by atoms with Gasteiger partial charge in [-0.3, -0.25) is 10.1 Å². The Bertz CT molecular complexity index is 334. The maximum absolute atomic E-state index is 10.6. The number of nitrogens with zero attached hydrogens (tertiary/aromatic N) is 1. The lowest BCUT2D eigenvalue weighted by Gasteiger charge is -2.05. The molecular weight excluding hydrogens is 170 g/mol. The molecule has 0 aliphatic carbocycles. The van der Waals surface area contributed by atoms with Gasteiger partial charge < -0.3 is 5.11 Å². The van der Waals surface area contributed by atoms with Crippen molar-refractivity contribution < 1.29 is 10.0 Å². The third kappa shape index (κ3) is 1.77. The van der Waals surface area contributed by atoms with Gasteiger partial charge in [-0.25, -0.2) is 0 Å². The summed E-state index contributed by atoms with van der Waals surface area (Å²) in [7, 11) is 0. The molecule has 0 aliphatic heterocycles. The molecule has 1 rings (SSSR count). The van der Waals surface area contributed by atoms with Gasteiger partial charge >= 0.3 is 5.69 Å². The molecule has 0 fully saturated rings. The van der Waals surface area contributed by atoms with Crippen molar-refractivity contribution in [2.45, 2.75) is 13.8 Å². The molecule has 4 nitrogen and oxygen atoms in total. The topological polar surface area (TPSA) is 63.4 Å². The number of hydrogen-bond donors (Lipinski definition) is 1. The van der Waals surface area contributed by atoms with Gasteiger partial charge in [0, 0.05) is 11.5 Å². The highest BCUT2D eigenvalue weighted by molar-refractivity contribution is 5.56. The van der Waals surface area contributed by atoms with Crippen LogP contribution in [0.25, 0.3) is 0 Å². The number of hydrogen-bond acceptors (Lipinski definition) is 3. The highest BCUT2D eigenvalue weighted by atomic mass is 16.6. The molecule has 0 spiro atoms. The molecule has 0 aliphatic rings. The van der Waals surface area contributed by atoms with Crippen molar-refractivity contribution in [3.8, 4) is 5.75 Å². The summed E-state index contributed by atoms with van der Waals surface area (Å²) in [4.78, 5) is 10.0. The summed E-state index contributed by atoms with van der Waals surface area (Å²) in [5.74, 6) is 0.520. The zero-order valence-electron chi connectivity index (χ0n) is 7.44. The average molecular weight is 180 g/mol. The third-order valence-electron chi connectivity index (χ3n) is 1.74. The van der Waals surface area contributed by atoms with Crippen LogP contribution in [0.5, 0.6) is 5.75 Å². The largest absolute Gasteiger partial charge is 0.502 e. The lowest BCUT2D eigenvalue weighted by Crippen LogP contribution is -1.97. The van der Waals surface area contributed by atoms with Crippen LogP contribution in [-0.4, -0.2) is 10.0 Å². The number of phenolic OH excluding ortho intramolecular Hbond substituents is 1. The third-order valence-corrected chi connectivity index (χ3v) is 1.74. The van der Waals surface area contributed by atoms with Crippen LogP contribution in [0, 0.1) is 16.0 Å². The molecule has 0 saturated heterocycles. The van der Waals surface area contributed by atoms with Crippen molar-refractivity contribution in [2.24, 2.45) is 0 Å². The van der Waals surface area contributed by atoms with Crippen LogP contribution >= 0.6 is 0 Å². The van der Waals surface area contributed by atoms with E-state index >= 15 is 0 Å². The van der Waals surface area contributed by atoms with Gasteiger partial charge in [0.05, 0.1) is 4.92 Å². The SMILES string of the molecule is C[C](C)c1cccc(O)c1[N+](=O)[O-]. The maximum Gasteiger partial charge on any atom is 0.314 e. The molecule has 1 radical (unpaired) electrons. The first-order valence-corrected chi connectivity index (χ1v) is 3.81. The Kier molecular flexibility index (Phi) is 2.51. The second-order valence-corrected chi connectivity index (χ2v) is 2.93. The highest BCUT2D eigenvalue weighted by Crippen LogP contribution is 2.33. The molecule has 0 amide bonds. The van der Waals surface area contributed by atoms with Crippen molar-refractivity contribution in [1.29, 1.82) is 0 Å². The van der Waals surface area contributed by atoms with Crippen molar-refractivity contribution in [2.75, 3.05) is 0 Å². The van der Waals surface area contributed by atoms with E-state index in [0.29, 0.717) is 5.56 Å². The number of nitro groups is 1. The lowest BCUT2D eigenvalue weighted by molar-refractivity contribution is -0.386. The predicted molar refractivity (Wildman–Crippen MR) is 48.5 cm³/mol. The molecule has 4 heteroatoms. The molecule has 1 aromatic carbocycles. The van der Waals surface area contributed by atoms with E-state index in [0.717, 1.165) is 5.92 Å². The Morgan fingerprint density at radius 2 is 2.08 bits per heavy atom. The normalized spacial score (nSPS) is 10.4. The van der Waals surface area contributed by atoms with E-state index in [1.807, 2.05) is 0 Å². The van der Waals surface area contributed by atoms with Gasteiger partial charge in [-0.2, -0.15) is 0 Å². The van der Waals surface area contributed by atoms with Crippen LogP contribution in [0.3, 0.4) is 0 Å². The van der Waals surface area contributed by atoms with Gasteiger partial charge in [-0.1, -0.05) is 26.0 Å². The first-order valence-electron chi connectivity index (χ1n) is 3.81. The van der Waals surface area contributed by atoms with E-state index in [2.05, 4.69) is 0 Å². The van der Waals surface area contributed by atoms with E-state index in [1.54, 1.807) is 26.0 Å². The molecule has 13 heavy (non-hydrogen) atoms. The second kappa shape index (κ2) is 3.43. The van der Waals surface area contributed by atoms with E-state index in [-0.39, 0.29) is 11.4 Å². The molecule has 0 unspecified atom stereocenters. The summed E-state index contributed by atoms with van der Waals surface area (Å²) in [5.41, 5.74) is 0.257. The summed E-state index contributed by atoms with van der Waals surface area (Å²) in [6, 6.07) is 4.52. The predicted octanol–water partition coefficient (Wildman–Crippen LogP) is 2.26. The molecule has 0 aromatic heterocycles. The van der Waals surface area contributed by atoms with Crippen LogP contribution in [0.1, 0.15) is 19.4 Å². The molecule has 1 aromatic rings. The highest BCUT2D eigenvalue weighted by Gasteiger charge is 2.20. The van der Waals surface area contributed by atoms with Crippen molar-refractivity contribution in [1.82, 2.24) is 0 Å². The maximum atomic E-state index is 10.6. The Morgan fingerprint density at radius 3 is 2.46 bits per heavy atom. The quantitative estimate of drug-likeness (QED) is 0.560. The Morgan fingerprint density at radius 1 is 1.46 bits per heavy atom. The fraction of sp³-hybridized carbons (Fsp3) is 0.222. The standard InChI is InChI=1S/C9H10NO3/c1-6(2)7-4-3-5-8(11)9(7)10(12)13/h3-5,11H,1-2H3. The number of nitro benzene ring substituents is 1. The van der Waals surface area contributed by atoms with E-state index < -0.39 is 4.92 Å². The minimum atomic E-state index is -0.572. The number of phenols is 1. The van der Waals surface area contributed by atoms with Gasteiger partial charge in [0.1, 0.15) is 0 Å². The first kappa shape index (κ1) is 9.51. The number of para-hydroxylation sites is 1. The van der Waals surface area contributed by atoms with Crippen LogP contribution in [0.4, 0.5) is 5.69 Å². The van der Waals surface area contributed by atoms with Crippen LogP contribution in [0.15, 0.2) is 18.2 Å². The van der Waals surface area contributed by atoms with E-state index in [9.17, 15) is 15.2 Å². The fourth-order valence-corrected chi connectivity index (χ4v) is 1.13. The molecule has 0 saturated carbocycles. The first-order chi connectivity index (χ1) is 6.04. The number of benzene rings is 1. The fourth-order valence-electron chi connectivity index (χ4n) is 1.13. The summed E-state index contributed by atoms with van der Waals surface area (Å²) in [6.45, 7) is 3.53. The molecule has 0 bridgehead atoms. The van der Waals surface area contributed by atoms with Gasteiger partial charge in [-0.15, -0.1) is 0 Å². The van der Waals surface area contributed by atoms with Crippen LogP contribution in [0.2, 0.25) is 0 Å². The summed E-state index contributed by atoms with van der Waals surface area (Å²) in [5, 5.41) is 19.8. The molecule has 1 N–H and O–H groups in total. The summed E-state index contributed by atoms with van der Waals surface area (Å²) in [6.07, 6.45) is 0. The van der Waals surface area contributed by atoms with Gasteiger partial charge in [0.25, 0.3) is 0 Å². The van der Waals surface area contributed by atoms with Crippen molar-refractivity contribution in [3.63, 3.8) is 0 Å². The zero-order chi connectivity index (χ0) is 10.0. The molecular formula is C9H10NO3. The van der Waals surface area contributed by atoms with E-state index in [1.165, 1.54) is 6.07 Å². The molecule has 0 atom stereocenters. The van der Waals surface area contributed by atoms with Crippen molar-refractivity contribution >= 4 is 5.69 Å². The van der Waals surface area contributed by atoms with E-state index in [4.69, 9.17) is 0 Å². The smallest absolute Gasteiger partial charge is 0.314 e. The minimum absolute atomic E-state index is 0.220. The van der Waals surface area contributed by atoms with Gasteiger partial charge in [0.15, 0.2) is 5.75 Å². The number of aromatic hydroxyl groups is 1. The number of rotatable bonds is 2. The minimum Gasteiger partial charge on any atom is -0.502 e. The zero-order valence-corrected chi connectivity index (χ0v) is 7.44. The monoisotopic (exact) mass is 180 g/mol. The Labute approximate surface area is 76.0 Å². The van der Waals surface area contributed by atoms with Gasteiger partial charge in [-0.05, 0) is 6.07 Å². The Balaban J connectivity index is 3.34. The van der Waals surface area contributed by atoms with Crippen LogP contribution < -0.4 is 0 Å². The second-order valence-electron chi connectivity index (χ2n) is 2.93. The lowest BCUT2D eigenvalue weighted by atomic mass is 10.0. The van der Waals surface area contributed by atoms with Gasteiger partial charge in [0.2, 0.25) is 0 Å². The summed E-state index contributed by atoms with van der Waals surface area (Å²) < 4.78 is 0. The molecule has 69 valence electrons. The molecule has 0 heterocycles. The van der Waals surface area contributed by atoms with Crippen LogP contribution in [-0.2, 0) is 0 Å². The van der Waals surface area contributed by atoms with Crippen molar-refractivity contribution in [3.05, 3.63) is 39.8 Å². The summed E-state index contributed by atoms with van der Waals surface area (Å²) >= 11 is 0. The Hall–Kier alpha value is -1.58. The average Bonchev–Trinajstić information content (AvgIpc) is 2.02.